The van der Waals surface area contributed by atoms with Crippen molar-refractivity contribution < 1.29 is 14.6 Å². The Kier molecular flexibility index (Phi) is 2.27. The number of phenols is 1. The Balaban J connectivity index is 2.32. The average Bonchev–Trinajstić information content (AvgIpc) is 2.79. The zero-order valence-corrected chi connectivity index (χ0v) is 9.01. The quantitative estimate of drug-likeness (QED) is 0.857. The van der Waals surface area contributed by atoms with Gasteiger partial charge in [-0.3, -0.25) is 0 Å². The predicted molar refractivity (Wildman–Crippen MR) is 53.7 cm³/mol. The second kappa shape index (κ2) is 3.21. The van der Waals surface area contributed by atoms with Gasteiger partial charge in [0.15, 0.2) is 0 Å². The van der Waals surface area contributed by atoms with Crippen molar-refractivity contribution in [2.45, 2.75) is 24.9 Å². The van der Waals surface area contributed by atoms with Gasteiger partial charge in [0.2, 0.25) is 0 Å². The van der Waals surface area contributed by atoms with E-state index in [2.05, 4.69) is 15.9 Å². The summed E-state index contributed by atoms with van der Waals surface area (Å²) in [5.41, 5.74) is -0.262. The average molecular weight is 261 g/mol. The first kappa shape index (κ1) is 9.93. The van der Waals surface area contributed by atoms with Gasteiger partial charge in [-0.05, 0) is 40.9 Å². The molecule has 0 unspecified atom stereocenters. The highest BCUT2D eigenvalue weighted by Gasteiger charge is 2.40. The van der Waals surface area contributed by atoms with E-state index in [1.807, 2.05) is 0 Å². The summed E-state index contributed by atoms with van der Waals surface area (Å²) in [5.74, 6) is -0.388. The van der Waals surface area contributed by atoms with Crippen molar-refractivity contribution >= 4 is 15.9 Å². The largest absolute Gasteiger partial charge is 0.506 e. The smallest absolute Gasteiger partial charge is 0.133 e. The summed E-state index contributed by atoms with van der Waals surface area (Å²) in [4.78, 5) is 0. The monoisotopic (exact) mass is 260 g/mol. The van der Waals surface area contributed by atoms with Crippen LogP contribution in [0, 0.1) is 5.82 Å². The summed E-state index contributed by atoms with van der Waals surface area (Å²) in [6.45, 7) is 0. The zero-order valence-electron chi connectivity index (χ0n) is 7.43. The molecule has 0 heterocycles. The Morgan fingerprint density at radius 2 is 2.07 bits per heavy atom. The number of rotatable bonds is 2. The van der Waals surface area contributed by atoms with Crippen molar-refractivity contribution in [2.75, 3.05) is 0 Å². The Hall–Kier alpha value is -0.610. The van der Waals surface area contributed by atoms with Crippen LogP contribution in [0.2, 0.25) is 0 Å². The van der Waals surface area contributed by atoms with E-state index in [-0.39, 0.29) is 5.75 Å². The summed E-state index contributed by atoms with van der Waals surface area (Å²) in [5, 5.41) is 19.2. The molecule has 1 fully saturated rings. The Morgan fingerprint density at radius 3 is 2.64 bits per heavy atom. The Morgan fingerprint density at radius 1 is 1.43 bits per heavy atom. The summed E-state index contributed by atoms with van der Waals surface area (Å²) in [7, 11) is 0. The van der Waals surface area contributed by atoms with Crippen LogP contribution in [0.15, 0.2) is 16.6 Å². The molecule has 1 aliphatic rings. The highest BCUT2D eigenvalue weighted by molar-refractivity contribution is 9.10. The van der Waals surface area contributed by atoms with Crippen molar-refractivity contribution in [1.82, 2.24) is 0 Å². The normalized spacial score (nSPS) is 18.2. The molecule has 0 radical (unpaired) electrons. The highest BCUT2D eigenvalue weighted by Crippen LogP contribution is 2.41. The van der Waals surface area contributed by atoms with Gasteiger partial charge in [-0.15, -0.1) is 0 Å². The standard InChI is InChI=1S/C10H10BrFO2/c11-8-4-7(12)3-6(9(8)13)5-10(14)1-2-10/h3-4,13-14H,1-2,5H2. The van der Waals surface area contributed by atoms with Crippen LogP contribution in [0.1, 0.15) is 18.4 Å². The molecule has 0 amide bonds. The van der Waals surface area contributed by atoms with Gasteiger partial charge in [0.05, 0.1) is 10.1 Å². The van der Waals surface area contributed by atoms with Gasteiger partial charge in [0, 0.05) is 12.0 Å². The molecule has 0 saturated heterocycles. The molecule has 0 aliphatic heterocycles. The predicted octanol–water partition coefficient (Wildman–Crippen LogP) is 2.36. The lowest BCUT2D eigenvalue weighted by molar-refractivity contribution is 0.150. The van der Waals surface area contributed by atoms with E-state index in [0.717, 1.165) is 12.8 Å². The minimum atomic E-state index is -0.718. The van der Waals surface area contributed by atoms with Crippen LogP contribution in [0.4, 0.5) is 4.39 Å². The number of benzene rings is 1. The van der Waals surface area contributed by atoms with Gasteiger partial charge in [-0.1, -0.05) is 0 Å². The molecule has 0 aromatic heterocycles. The second-order valence-electron chi connectivity index (χ2n) is 3.80. The fourth-order valence-electron chi connectivity index (χ4n) is 1.43. The zero-order chi connectivity index (χ0) is 10.3. The molecule has 14 heavy (non-hydrogen) atoms. The van der Waals surface area contributed by atoms with E-state index in [0.29, 0.717) is 16.5 Å². The molecule has 1 aliphatic carbocycles. The van der Waals surface area contributed by atoms with Gasteiger partial charge >= 0.3 is 0 Å². The molecule has 2 rings (SSSR count). The highest BCUT2D eigenvalue weighted by atomic mass is 79.9. The topological polar surface area (TPSA) is 40.5 Å². The first-order chi connectivity index (χ1) is 6.50. The van der Waals surface area contributed by atoms with E-state index in [1.165, 1.54) is 12.1 Å². The minimum Gasteiger partial charge on any atom is -0.506 e. The third-order valence-corrected chi connectivity index (χ3v) is 3.06. The maximum Gasteiger partial charge on any atom is 0.133 e. The van der Waals surface area contributed by atoms with Crippen molar-refractivity contribution in [2.24, 2.45) is 0 Å². The van der Waals surface area contributed by atoms with Crippen LogP contribution < -0.4 is 0 Å². The number of halogens is 2. The molecule has 2 nitrogen and oxygen atoms in total. The first-order valence-electron chi connectivity index (χ1n) is 4.39. The molecule has 1 saturated carbocycles. The number of aliphatic hydroxyl groups is 1. The Bertz CT molecular complexity index is 375. The molecular weight excluding hydrogens is 251 g/mol. The maximum absolute atomic E-state index is 13.0. The van der Waals surface area contributed by atoms with Crippen molar-refractivity contribution in [3.63, 3.8) is 0 Å². The molecule has 76 valence electrons. The third kappa shape index (κ3) is 1.91. The van der Waals surface area contributed by atoms with E-state index < -0.39 is 11.4 Å². The number of phenolic OH excluding ortho intramolecular Hbond substituents is 1. The lowest BCUT2D eigenvalue weighted by Crippen LogP contribution is -2.11. The number of hydrogen-bond donors (Lipinski definition) is 2. The van der Waals surface area contributed by atoms with Crippen LogP contribution >= 0.6 is 15.9 Å². The molecule has 0 atom stereocenters. The summed E-state index contributed by atoms with van der Waals surface area (Å²) in [6, 6.07) is 2.46. The molecule has 0 spiro atoms. The van der Waals surface area contributed by atoms with Gasteiger partial charge in [0.1, 0.15) is 11.6 Å². The van der Waals surface area contributed by atoms with Crippen LogP contribution in [0.3, 0.4) is 0 Å². The third-order valence-electron chi connectivity index (χ3n) is 2.45. The fraction of sp³-hybridized carbons (Fsp3) is 0.400. The SMILES string of the molecule is Oc1c(Br)cc(F)cc1CC1(O)CC1. The minimum absolute atomic E-state index is 0.0201. The first-order valence-corrected chi connectivity index (χ1v) is 5.19. The van der Waals surface area contributed by atoms with Crippen molar-refractivity contribution in [1.29, 1.82) is 0 Å². The molecule has 2 N–H and O–H groups in total. The molecule has 1 aromatic rings. The van der Waals surface area contributed by atoms with E-state index in [1.54, 1.807) is 0 Å². The summed E-state index contributed by atoms with van der Waals surface area (Å²) in [6.07, 6.45) is 1.76. The van der Waals surface area contributed by atoms with E-state index in [4.69, 9.17) is 0 Å². The summed E-state index contributed by atoms with van der Waals surface area (Å²) < 4.78 is 13.3. The van der Waals surface area contributed by atoms with Crippen LogP contribution in [-0.2, 0) is 6.42 Å². The lowest BCUT2D eigenvalue weighted by Gasteiger charge is -2.10. The fourth-order valence-corrected chi connectivity index (χ4v) is 1.90. The molecule has 1 aromatic carbocycles. The van der Waals surface area contributed by atoms with Crippen LogP contribution in [0.5, 0.6) is 5.75 Å². The number of hydrogen-bond acceptors (Lipinski definition) is 2. The summed E-state index contributed by atoms with van der Waals surface area (Å²) >= 11 is 3.05. The van der Waals surface area contributed by atoms with Gasteiger partial charge in [-0.25, -0.2) is 4.39 Å². The lowest BCUT2D eigenvalue weighted by atomic mass is 10.1. The molecular formula is C10H10BrFO2. The van der Waals surface area contributed by atoms with Gasteiger partial charge < -0.3 is 10.2 Å². The Labute approximate surface area is 89.5 Å². The van der Waals surface area contributed by atoms with Gasteiger partial charge in [0.25, 0.3) is 0 Å². The second-order valence-corrected chi connectivity index (χ2v) is 4.65. The van der Waals surface area contributed by atoms with Crippen LogP contribution in [-0.4, -0.2) is 15.8 Å². The molecule has 4 heteroatoms. The van der Waals surface area contributed by atoms with E-state index >= 15 is 0 Å². The van der Waals surface area contributed by atoms with Crippen molar-refractivity contribution in [3.05, 3.63) is 28.0 Å². The van der Waals surface area contributed by atoms with Gasteiger partial charge in [-0.2, -0.15) is 0 Å². The van der Waals surface area contributed by atoms with Crippen molar-refractivity contribution in [3.8, 4) is 5.75 Å². The number of aromatic hydroxyl groups is 1. The maximum atomic E-state index is 13.0. The molecule has 0 bridgehead atoms. The van der Waals surface area contributed by atoms with Crippen LogP contribution in [0.25, 0.3) is 0 Å². The van der Waals surface area contributed by atoms with E-state index in [9.17, 15) is 14.6 Å².